The fourth-order valence-corrected chi connectivity index (χ4v) is 5.24. The summed E-state index contributed by atoms with van der Waals surface area (Å²) in [5.74, 6) is -2.04. The van der Waals surface area contributed by atoms with Crippen LogP contribution in [0.25, 0.3) is 5.76 Å². The van der Waals surface area contributed by atoms with Gasteiger partial charge in [0.25, 0.3) is 5.78 Å². The van der Waals surface area contributed by atoms with Gasteiger partial charge in [0.2, 0.25) is 0 Å². The van der Waals surface area contributed by atoms with Gasteiger partial charge in [0.15, 0.2) is 5.13 Å². The van der Waals surface area contributed by atoms with Crippen LogP contribution in [-0.2, 0) is 14.3 Å². The summed E-state index contributed by atoms with van der Waals surface area (Å²) in [6.45, 7) is 8.98. The molecule has 2 aromatic carbocycles. The Hall–Kier alpha value is -3.76. The third-order valence-electron chi connectivity index (χ3n) is 5.64. The number of halogens is 1. The average Bonchev–Trinajstić information content (AvgIpc) is 3.39. The number of hydrogen-bond acceptors (Lipinski definition) is 8. The topological polar surface area (TPSA) is 106 Å². The maximum atomic E-state index is 13.4. The van der Waals surface area contributed by atoms with Crippen molar-refractivity contribution in [1.82, 2.24) is 4.98 Å². The number of ketones is 1. The van der Waals surface area contributed by atoms with Gasteiger partial charge in [-0.25, -0.2) is 9.78 Å². The molecule has 196 valence electrons. The molecule has 1 saturated heterocycles. The van der Waals surface area contributed by atoms with Gasteiger partial charge in [0.1, 0.15) is 23.0 Å². The number of carbonyl (C=O) groups excluding carboxylic acids is 3. The van der Waals surface area contributed by atoms with E-state index in [2.05, 4.69) is 27.5 Å². The van der Waals surface area contributed by atoms with Crippen LogP contribution in [0.3, 0.4) is 0 Å². The number of aryl methyl sites for hydroxylation is 1. The van der Waals surface area contributed by atoms with E-state index in [4.69, 9.17) is 9.47 Å². The number of nitrogens with zero attached hydrogens (tertiary/aromatic N) is 2. The van der Waals surface area contributed by atoms with E-state index in [-0.39, 0.29) is 34.1 Å². The molecule has 8 nitrogen and oxygen atoms in total. The SMILES string of the molecule is C=CCOC(=O)c1sc(N2C(=O)C(=O)/C(=C(/O)c3ccc(OC(C)C)cc3)C2c2ccc(Br)cc2)nc1C. The maximum Gasteiger partial charge on any atom is 0.350 e. The molecule has 0 bridgehead atoms. The Morgan fingerprint density at radius 2 is 1.84 bits per heavy atom. The Labute approximate surface area is 232 Å². The molecule has 0 aliphatic carbocycles. The van der Waals surface area contributed by atoms with Crippen LogP contribution in [0.1, 0.15) is 46.4 Å². The molecule has 0 radical (unpaired) electrons. The third-order valence-corrected chi connectivity index (χ3v) is 7.30. The lowest BCUT2D eigenvalue weighted by molar-refractivity contribution is -0.132. The van der Waals surface area contributed by atoms with Gasteiger partial charge >= 0.3 is 11.9 Å². The smallest absolute Gasteiger partial charge is 0.350 e. The molecule has 1 N–H and O–H groups in total. The van der Waals surface area contributed by atoms with Crippen LogP contribution < -0.4 is 9.64 Å². The number of aromatic nitrogens is 1. The van der Waals surface area contributed by atoms with Crippen LogP contribution in [0.4, 0.5) is 5.13 Å². The van der Waals surface area contributed by atoms with E-state index in [1.807, 2.05) is 13.8 Å². The number of hydrogen-bond donors (Lipinski definition) is 1. The molecule has 10 heteroatoms. The number of anilines is 1. The fourth-order valence-electron chi connectivity index (χ4n) is 3.98. The van der Waals surface area contributed by atoms with Crippen molar-refractivity contribution in [1.29, 1.82) is 0 Å². The van der Waals surface area contributed by atoms with Gasteiger partial charge in [-0.1, -0.05) is 52.1 Å². The van der Waals surface area contributed by atoms with Crippen molar-refractivity contribution in [2.75, 3.05) is 11.5 Å². The van der Waals surface area contributed by atoms with E-state index in [0.29, 0.717) is 22.6 Å². The Balaban J connectivity index is 1.83. The molecule has 1 amide bonds. The summed E-state index contributed by atoms with van der Waals surface area (Å²) in [5.41, 5.74) is 1.21. The van der Waals surface area contributed by atoms with Crippen LogP contribution >= 0.6 is 27.3 Å². The molecule has 1 aliphatic rings. The van der Waals surface area contributed by atoms with Crippen molar-refractivity contribution in [3.8, 4) is 5.75 Å². The number of ether oxygens (including phenoxy) is 2. The summed E-state index contributed by atoms with van der Waals surface area (Å²) in [6, 6.07) is 12.7. The Kier molecular flexibility index (Phi) is 8.13. The Morgan fingerprint density at radius 1 is 1.18 bits per heavy atom. The number of aliphatic hydroxyl groups excluding tert-OH is 1. The van der Waals surface area contributed by atoms with E-state index >= 15 is 0 Å². The maximum absolute atomic E-state index is 13.4. The van der Waals surface area contributed by atoms with Gasteiger partial charge in [-0.3, -0.25) is 14.5 Å². The van der Waals surface area contributed by atoms with E-state index in [0.717, 1.165) is 15.8 Å². The molecule has 4 rings (SSSR count). The van der Waals surface area contributed by atoms with Crippen molar-refractivity contribution < 1.29 is 29.0 Å². The number of amides is 1. The summed E-state index contributed by atoms with van der Waals surface area (Å²) in [5, 5.41) is 11.4. The minimum Gasteiger partial charge on any atom is -0.507 e. The molecular weight excluding hydrogens is 572 g/mol. The molecule has 1 aliphatic heterocycles. The molecule has 1 aromatic heterocycles. The van der Waals surface area contributed by atoms with E-state index < -0.39 is 23.7 Å². The van der Waals surface area contributed by atoms with Gasteiger partial charge in [0, 0.05) is 10.0 Å². The standard InChI is InChI=1S/C28H25BrN2O6S/c1-5-14-36-27(35)25-16(4)30-28(38-25)31-22(17-6-10-19(29)11-7-17)21(24(33)26(31)34)23(32)18-8-12-20(13-9-18)37-15(2)3/h5-13,15,22,32H,1,14H2,2-4H3/b23-21+. The van der Waals surface area contributed by atoms with E-state index in [1.165, 1.54) is 11.0 Å². The van der Waals surface area contributed by atoms with Gasteiger partial charge in [0.05, 0.1) is 23.4 Å². The lowest BCUT2D eigenvalue weighted by Crippen LogP contribution is -2.29. The van der Waals surface area contributed by atoms with Crippen molar-refractivity contribution in [2.45, 2.75) is 32.9 Å². The number of rotatable bonds is 8. The van der Waals surface area contributed by atoms with Gasteiger partial charge in [-0.15, -0.1) is 0 Å². The average molecular weight is 597 g/mol. The van der Waals surface area contributed by atoms with E-state index in [1.54, 1.807) is 55.5 Å². The molecule has 0 spiro atoms. The van der Waals surface area contributed by atoms with Crippen LogP contribution in [0.2, 0.25) is 0 Å². The zero-order valence-electron chi connectivity index (χ0n) is 20.9. The molecule has 0 saturated carbocycles. The van der Waals surface area contributed by atoms with Crippen molar-refractivity contribution >= 4 is 55.8 Å². The van der Waals surface area contributed by atoms with Gasteiger partial charge in [-0.05, 0) is 62.7 Å². The molecule has 1 atom stereocenters. The highest BCUT2D eigenvalue weighted by atomic mass is 79.9. The van der Waals surface area contributed by atoms with Crippen molar-refractivity contribution in [3.05, 3.63) is 92.9 Å². The fraction of sp³-hybridized carbons (Fsp3) is 0.214. The Morgan fingerprint density at radius 3 is 2.45 bits per heavy atom. The van der Waals surface area contributed by atoms with Crippen LogP contribution in [-0.4, -0.2) is 40.5 Å². The van der Waals surface area contributed by atoms with Crippen molar-refractivity contribution in [3.63, 3.8) is 0 Å². The summed E-state index contributed by atoms with van der Waals surface area (Å²) in [4.78, 5) is 45.1. The Bertz CT molecular complexity index is 1430. The van der Waals surface area contributed by atoms with E-state index in [9.17, 15) is 19.5 Å². The zero-order chi connectivity index (χ0) is 27.6. The first-order valence-corrected chi connectivity index (χ1v) is 13.3. The monoisotopic (exact) mass is 596 g/mol. The third kappa shape index (κ3) is 5.41. The first-order chi connectivity index (χ1) is 18.1. The second kappa shape index (κ2) is 11.3. The molecule has 2 heterocycles. The van der Waals surface area contributed by atoms with Crippen LogP contribution in [0.15, 0.2) is 71.2 Å². The van der Waals surface area contributed by atoms with Gasteiger partial charge in [-0.2, -0.15) is 0 Å². The number of aliphatic hydroxyl groups is 1. The molecule has 1 unspecified atom stereocenters. The first-order valence-electron chi connectivity index (χ1n) is 11.7. The first kappa shape index (κ1) is 27.3. The predicted octanol–water partition coefficient (Wildman–Crippen LogP) is 5.97. The largest absolute Gasteiger partial charge is 0.507 e. The number of carbonyl (C=O) groups is 3. The summed E-state index contributed by atoms with van der Waals surface area (Å²) in [7, 11) is 0. The number of thiazole rings is 1. The lowest BCUT2D eigenvalue weighted by atomic mass is 9.95. The normalized spacial score (nSPS) is 16.7. The van der Waals surface area contributed by atoms with Crippen LogP contribution in [0.5, 0.6) is 5.75 Å². The van der Waals surface area contributed by atoms with Gasteiger partial charge < -0.3 is 14.6 Å². The summed E-state index contributed by atoms with van der Waals surface area (Å²) >= 11 is 4.34. The zero-order valence-corrected chi connectivity index (χ0v) is 23.3. The predicted molar refractivity (Wildman–Crippen MR) is 148 cm³/mol. The lowest BCUT2D eigenvalue weighted by Gasteiger charge is -2.23. The second-order valence-electron chi connectivity index (χ2n) is 8.71. The minimum atomic E-state index is -0.975. The summed E-state index contributed by atoms with van der Waals surface area (Å²) in [6.07, 6.45) is 1.42. The quantitative estimate of drug-likeness (QED) is 0.112. The minimum absolute atomic E-state index is 0.0237. The second-order valence-corrected chi connectivity index (χ2v) is 10.6. The van der Waals surface area contributed by atoms with Crippen molar-refractivity contribution in [2.24, 2.45) is 0 Å². The molecule has 1 fully saturated rings. The highest BCUT2D eigenvalue weighted by molar-refractivity contribution is 9.10. The molecular formula is C28H25BrN2O6S. The summed E-state index contributed by atoms with van der Waals surface area (Å²) < 4.78 is 11.6. The number of benzene rings is 2. The number of esters is 1. The highest BCUT2D eigenvalue weighted by Gasteiger charge is 2.48. The molecule has 38 heavy (non-hydrogen) atoms. The molecule has 3 aromatic rings. The van der Waals surface area contributed by atoms with Crippen LogP contribution in [0, 0.1) is 6.92 Å². The number of Topliss-reactive ketones (excluding diaryl/α,β-unsaturated/α-hetero) is 1. The highest BCUT2D eigenvalue weighted by Crippen LogP contribution is 2.44.